The topological polar surface area (TPSA) is 66.0 Å². The van der Waals surface area contributed by atoms with Crippen molar-refractivity contribution in [2.75, 3.05) is 38.6 Å². The number of hydrogen-bond donors (Lipinski definition) is 2. The summed E-state index contributed by atoms with van der Waals surface area (Å²) < 4.78 is 6.02. The quantitative estimate of drug-likeness (QED) is 0.467. The molecule has 0 spiro atoms. The van der Waals surface area contributed by atoms with Gasteiger partial charge in [0, 0.05) is 24.8 Å². The van der Waals surface area contributed by atoms with E-state index >= 15 is 0 Å². The minimum absolute atomic E-state index is 0.0294. The molecule has 0 radical (unpaired) electrons. The van der Waals surface area contributed by atoms with E-state index in [1.54, 1.807) is 13.1 Å². The molecule has 0 bridgehead atoms. The number of nitrogens with zero attached hydrogens (tertiary/aromatic N) is 2. The van der Waals surface area contributed by atoms with Crippen molar-refractivity contribution in [3.05, 3.63) is 64.7 Å². The summed E-state index contributed by atoms with van der Waals surface area (Å²) in [7, 11) is 1.72. The Balaban J connectivity index is 1.58. The molecule has 0 aromatic heterocycles. The van der Waals surface area contributed by atoms with Crippen LogP contribution in [0.5, 0.6) is 0 Å². The zero-order valence-corrected chi connectivity index (χ0v) is 17.7. The van der Waals surface area contributed by atoms with Crippen molar-refractivity contribution in [3.8, 4) is 12.3 Å². The standard InChI is InChI=1S/C24H28N4O2/c1-5-19-7-6-8-20(14-19)27-23(29)15-26-24(25-4)28-11-12-30-22(16-28)21-10-9-17(2)13-18(21)3/h1,6-10,13-14,22H,11-12,15-16H2,2-4H3,(H,25,26)(H,27,29). The molecule has 156 valence electrons. The van der Waals surface area contributed by atoms with Gasteiger partial charge in [-0.2, -0.15) is 0 Å². The summed E-state index contributed by atoms with van der Waals surface area (Å²) in [4.78, 5) is 18.8. The SMILES string of the molecule is C#Cc1cccc(NC(=O)CNC(=NC)N2CCOC(c3ccc(C)cc3C)C2)c1. The molecule has 1 unspecified atom stereocenters. The number of terminal acetylenes is 1. The lowest BCUT2D eigenvalue weighted by Crippen LogP contribution is -2.49. The Bertz CT molecular complexity index is 977. The van der Waals surface area contributed by atoms with Crippen molar-refractivity contribution in [2.45, 2.75) is 20.0 Å². The van der Waals surface area contributed by atoms with Crippen molar-refractivity contribution in [2.24, 2.45) is 4.99 Å². The molecule has 2 aromatic carbocycles. The first-order chi connectivity index (χ1) is 14.5. The number of anilines is 1. The average molecular weight is 405 g/mol. The van der Waals surface area contributed by atoms with Crippen LogP contribution in [-0.4, -0.2) is 50.1 Å². The van der Waals surface area contributed by atoms with E-state index in [-0.39, 0.29) is 18.6 Å². The number of aryl methyl sites for hydroxylation is 2. The van der Waals surface area contributed by atoms with Gasteiger partial charge < -0.3 is 20.3 Å². The van der Waals surface area contributed by atoms with Crippen LogP contribution >= 0.6 is 0 Å². The molecule has 1 atom stereocenters. The van der Waals surface area contributed by atoms with Crippen LogP contribution in [-0.2, 0) is 9.53 Å². The maximum atomic E-state index is 12.4. The van der Waals surface area contributed by atoms with E-state index in [4.69, 9.17) is 11.2 Å². The number of nitrogens with one attached hydrogen (secondary N) is 2. The number of guanidine groups is 1. The molecule has 1 aliphatic rings. The number of benzene rings is 2. The molecule has 3 rings (SSSR count). The third-order valence-electron chi connectivity index (χ3n) is 5.07. The molecule has 0 saturated carbocycles. The van der Waals surface area contributed by atoms with Crippen LogP contribution in [0.2, 0.25) is 0 Å². The van der Waals surface area contributed by atoms with Gasteiger partial charge in [-0.3, -0.25) is 9.79 Å². The Kier molecular flexibility index (Phi) is 7.10. The maximum absolute atomic E-state index is 12.4. The lowest BCUT2D eigenvalue weighted by molar-refractivity contribution is -0.115. The minimum Gasteiger partial charge on any atom is -0.370 e. The molecular formula is C24H28N4O2. The Hall–Kier alpha value is -3.30. The zero-order valence-electron chi connectivity index (χ0n) is 17.7. The Morgan fingerprint density at radius 2 is 2.13 bits per heavy atom. The van der Waals surface area contributed by atoms with Gasteiger partial charge in [0.1, 0.15) is 6.10 Å². The van der Waals surface area contributed by atoms with E-state index in [1.165, 1.54) is 16.7 Å². The summed E-state index contributed by atoms with van der Waals surface area (Å²) in [6.45, 7) is 6.30. The van der Waals surface area contributed by atoms with E-state index in [9.17, 15) is 4.79 Å². The summed E-state index contributed by atoms with van der Waals surface area (Å²) in [5, 5.41) is 6.00. The average Bonchev–Trinajstić information content (AvgIpc) is 2.74. The molecular weight excluding hydrogens is 376 g/mol. The van der Waals surface area contributed by atoms with Crippen LogP contribution in [0.25, 0.3) is 0 Å². The van der Waals surface area contributed by atoms with Gasteiger partial charge >= 0.3 is 0 Å². The van der Waals surface area contributed by atoms with Crippen LogP contribution in [0.3, 0.4) is 0 Å². The van der Waals surface area contributed by atoms with Crippen molar-refractivity contribution >= 4 is 17.6 Å². The second-order valence-electron chi connectivity index (χ2n) is 7.34. The van der Waals surface area contributed by atoms with E-state index in [2.05, 4.69) is 58.5 Å². The minimum atomic E-state index is -0.162. The van der Waals surface area contributed by atoms with Crippen LogP contribution in [0.4, 0.5) is 5.69 Å². The molecule has 0 aliphatic carbocycles. The van der Waals surface area contributed by atoms with Crippen LogP contribution in [0.15, 0.2) is 47.5 Å². The second-order valence-corrected chi connectivity index (χ2v) is 7.34. The smallest absolute Gasteiger partial charge is 0.243 e. The largest absolute Gasteiger partial charge is 0.370 e. The summed E-state index contributed by atoms with van der Waals surface area (Å²) >= 11 is 0. The van der Waals surface area contributed by atoms with Gasteiger partial charge in [-0.05, 0) is 43.2 Å². The fourth-order valence-electron chi connectivity index (χ4n) is 3.60. The number of ether oxygens (including phenoxy) is 1. The number of carbonyl (C=O) groups excluding carboxylic acids is 1. The number of amides is 1. The lowest BCUT2D eigenvalue weighted by atomic mass is 10.00. The number of morpholine rings is 1. The predicted molar refractivity (Wildman–Crippen MR) is 121 cm³/mol. The van der Waals surface area contributed by atoms with Gasteiger partial charge in [-0.15, -0.1) is 6.42 Å². The van der Waals surface area contributed by atoms with Gasteiger partial charge in [0.15, 0.2) is 5.96 Å². The third kappa shape index (κ3) is 5.40. The normalized spacial score (nSPS) is 16.7. The first kappa shape index (κ1) is 21.4. The summed E-state index contributed by atoms with van der Waals surface area (Å²) in [6.07, 6.45) is 5.38. The fourth-order valence-corrected chi connectivity index (χ4v) is 3.60. The molecule has 6 heteroatoms. The highest BCUT2D eigenvalue weighted by Crippen LogP contribution is 2.25. The lowest BCUT2D eigenvalue weighted by Gasteiger charge is -2.35. The van der Waals surface area contributed by atoms with E-state index < -0.39 is 0 Å². The van der Waals surface area contributed by atoms with Crippen LogP contribution in [0, 0.1) is 26.2 Å². The van der Waals surface area contributed by atoms with Crippen molar-refractivity contribution in [1.82, 2.24) is 10.2 Å². The van der Waals surface area contributed by atoms with Crippen LogP contribution in [0.1, 0.15) is 28.4 Å². The molecule has 1 saturated heterocycles. The van der Waals surface area contributed by atoms with Crippen molar-refractivity contribution in [1.29, 1.82) is 0 Å². The first-order valence-electron chi connectivity index (χ1n) is 10.0. The molecule has 1 fully saturated rings. The molecule has 1 aliphatic heterocycles. The molecule has 30 heavy (non-hydrogen) atoms. The van der Waals surface area contributed by atoms with E-state index in [0.29, 0.717) is 31.3 Å². The maximum Gasteiger partial charge on any atom is 0.243 e. The van der Waals surface area contributed by atoms with Crippen molar-refractivity contribution in [3.63, 3.8) is 0 Å². The van der Waals surface area contributed by atoms with Crippen LogP contribution < -0.4 is 10.6 Å². The number of aliphatic imine (C=N–C) groups is 1. The fraction of sp³-hybridized carbons (Fsp3) is 0.333. The van der Waals surface area contributed by atoms with Gasteiger partial charge in [-0.1, -0.05) is 35.7 Å². The first-order valence-corrected chi connectivity index (χ1v) is 10.0. The van der Waals surface area contributed by atoms with Gasteiger partial charge in [0.25, 0.3) is 0 Å². The van der Waals surface area contributed by atoms with Gasteiger partial charge in [-0.25, -0.2) is 0 Å². The van der Waals surface area contributed by atoms with Gasteiger partial charge in [0.2, 0.25) is 5.91 Å². The molecule has 1 heterocycles. The highest BCUT2D eigenvalue weighted by atomic mass is 16.5. The summed E-state index contributed by atoms with van der Waals surface area (Å²) in [6, 6.07) is 13.6. The van der Waals surface area contributed by atoms with Gasteiger partial charge in [0.05, 0.1) is 19.7 Å². The van der Waals surface area contributed by atoms with E-state index in [0.717, 1.165) is 5.56 Å². The molecule has 2 aromatic rings. The highest BCUT2D eigenvalue weighted by Gasteiger charge is 2.25. The Labute approximate surface area is 178 Å². The Morgan fingerprint density at radius 3 is 2.87 bits per heavy atom. The highest BCUT2D eigenvalue weighted by molar-refractivity contribution is 5.95. The Morgan fingerprint density at radius 1 is 1.30 bits per heavy atom. The third-order valence-corrected chi connectivity index (χ3v) is 5.07. The predicted octanol–water partition coefficient (Wildman–Crippen LogP) is 2.87. The molecule has 6 nitrogen and oxygen atoms in total. The van der Waals surface area contributed by atoms with Crippen molar-refractivity contribution < 1.29 is 9.53 Å². The zero-order chi connectivity index (χ0) is 21.5. The van der Waals surface area contributed by atoms with E-state index in [1.807, 2.05) is 18.2 Å². The molecule has 2 N–H and O–H groups in total. The number of carbonyl (C=O) groups is 1. The number of rotatable bonds is 4. The summed E-state index contributed by atoms with van der Waals surface area (Å²) in [5.41, 5.74) is 5.04. The summed E-state index contributed by atoms with van der Waals surface area (Å²) in [5.74, 6) is 3.08. The number of hydrogen-bond acceptors (Lipinski definition) is 3. The molecule has 1 amide bonds. The second kappa shape index (κ2) is 9.95. The monoisotopic (exact) mass is 404 g/mol.